The molecule has 2 N–H and O–H groups in total. The smallest absolute Gasteiger partial charge is 0.279 e. The zero-order chi connectivity index (χ0) is 18.6. The van der Waals surface area contributed by atoms with Crippen molar-refractivity contribution in [1.82, 2.24) is 15.4 Å². The van der Waals surface area contributed by atoms with E-state index in [4.69, 9.17) is 4.74 Å². The number of nitrogens with one attached hydrogen (secondary N) is 2. The number of carbonyl (C=O) groups excluding carboxylic acids is 1. The first-order chi connectivity index (χ1) is 11.6. The molecule has 0 saturated carbocycles. The Kier molecular flexibility index (Phi) is 5.62. The Morgan fingerprint density at radius 3 is 2.16 bits per heavy atom. The van der Waals surface area contributed by atoms with Crippen molar-refractivity contribution in [3.05, 3.63) is 47.3 Å². The number of carbonyl (C=O) groups is 1. The van der Waals surface area contributed by atoms with Crippen LogP contribution in [0.2, 0.25) is 0 Å². The van der Waals surface area contributed by atoms with Crippen molar-refractivity contribution in [2.45, 2.75) is 53.1 Å². The third-order valence-corrected chi connectivity index (χ3v) is 3.68. The lowest BCUT2D eigenvalue weighted by molar-refractivity contribution is -0.126. The van der Waals surface area contributed by atoms with Gasteiger partial charge in [-0.2, -0.15) is 0 Å². The molecule has 25 heavy (non-hydrogen) atoms. The Labute approximate surface area is 149 Å². The van der Waals surface area contributed by atoms with Crippen molar-refractivity contribution in [3.8, 4) is 5.75 Å². The van der Waals surface area contributed by atoms with Gasteiger partial charge < -0.3 is 4.74 Å². The summed E-state index contributed by atoms with van der Waals surface area (Å²) in [7, 11) is 0. The first-order valence-electron chi connectivity index (χ1n) is 8.30. The van der Waals surface area contributed by atoms with Crippen molar-refractivity contribution in [1.29, 1.82) is 0 Å². The highest BCUT2D eigenvalue weighted by Gasteiger charge is 2.16. The molecule has 1 aromatic heterocycles. The lowest BCUT2D eigenvalue weighted by Gasteiger charge is -2.20. The molecule has 2 rings (SSSR count). The summed E-state index contributed by atoms with van der Waals surface area (Å²) in [6, 6.07) is 9.65. The molecule has 0 aliphatic heterocycles. The zero-order valence-corrected chi connectivity index (χ0v) is 15.7. The van der Waals surface area contributed by atoms with Crippen LogP contribution in [-0.4, -0.2) is 22.0 Å². The number of aromatic nitrogens is 2. The molecular weight excluding hydrogens is 316 g/mol. The number of hydrogen-bond acceptors (Lipinski definition) is 5. The van der Waals surface area contributed by atoms with Crippen molar-refractivity contribution in [2.75, 3.05) is 5.43 Å². The van der Waals surface area contributed by atoms with Crippen LogP contribution in [0, 0.1) is 13.8 Å². The summed E-state index contributed by atoms with van der Waals surface area (Å²) in [6.45, 7) is 11.9. The zero-order valence-electron chi connectivity index (χ0n) is 15.7. The lowest BCUT2D eigenvalue weighted by Crippen LogP contribution is -2.40. The van der Waals surface area contributed by atoms with Gasteiger partial charge in [-0.25, -0.2) is 9.97 Å². The summed E-state index contributed by atoms with van der Waals surface area (Å²) in [4.78, 5) is 20.6. The first kappa shape index (κ1) is 18.7. The Morgan fingerprint density at radius 2 is 1.64 bits per heavy atom. The predicted octanol–water partition coefficient (Wildman–Crippen LogP) is 3.30. The van der Waals surface area contributed by atoms with E-state index in [2.05, 4.69) is 41.6 Å². The van der Waals surface area contributed by atoms with E-state index in [1.165, 1.54) is 5.56 Å². The topological polar surface area (TPSA) is 76.1 Å². The third-order valence-electron chi connectivity index (χ3n) is 3.68. The molecule has 0 saturated heterocycles. The van der Waals surface area contributed by atoms with E-state index in [1.807, 2.05) is 44.2 Å². The Balaban J connectivity index is 1.91. The lowest BCUT2D eigenvalue weighted by atomic mass is 9.87. The highest BCUT2D eigenvalue weighted by atomic mass is 16.5. The molecule has 1 aromatic carbocycles. The number of nitrogens with zero attached hydrogens (tertiary/aromatic N) is 2. The fourth-order valence-electron chi connectivity index (χ4n) is 2.29. The molecule has 6 heteroatoms. The van der Waals surface area contributed by atoms with E-state index in [0.717, 1.165) is 11.4 Å². The van der Waals surface area contributed by atoms with E-state index in [9.17, 15) is 4.79 Å². The van der Waals surface area contributed by atoms with Crippen LogP contribution in [-0.2, 0) is 10.2 Å². The van der Waals surface area contributed by atoms with E-state index < -0.39 is 6.10 Å². The number of rotatable bonds is 5. The Morgan fingerprint density at radius 1 is 1.08 bits per heavy atom. The summed E-state index contributed by atoms with van der Waals surface area (Å²) in [5, 5.41) is 0. The molecule has 0 bridgehead atoms. The quantitative estimate of drug-likeness (QED) is 0.815. The molecule has 0 spiro atoms. The van der Waals surface area contributed by atoms with Crippen LogP contribution in [0.5, 0.6) is 5.75 Å². The minimum absolute atomic E-state index is 0.0807. The summed E-state index contributed by atoms with van der Waals surface area (Å²) in [6.07, 6.45) is -0.654. The first-order valence-corrected chi connectivity index (χ1v) is 8.30. The molecule has 0 fully saturated rings. The van der Waals surface area contributed by atoms with Crippen LogP contribution >= 0.6 is 0 Å². The van der Waals surface area contributed by atoms with Gasteiger partial charge in [0.2, 0.25) is 5.95 Å². The summed E-state index contributed by atoms with van der Waals surface area (Å²) < 4.78 is 5.69. The van der Waals surface area contributed by atoms with Gasteiger partial charge in [0.05, 0.1) is 0 Å². The number of aryl methyl sites for hydroxylation is 2. The monoisotopic (exact) mass is 342 g/mol. The van der Waals surface area contributed by atoms with Crippen LogP contribution in [0.3, 0.4) is 0 Å². The van der Waals surface area contributed by atoms with Gasteiger partial charge in [-0.05, 0) is 49.9 Å². The van der Waals surface area contributed by atoms with E-state index in [-0.39, 0.29) is 11.3 Å². The molecule has 1 atom stereocenters. The van der Waals surface area contributed by atoms with E-state index >= 15 is 0 Å². The van der Waals surface area contributed by atoms with Crippen LogP contribution in [0.1, 0.15) is 44.6 Å². The van der Waals surface area contributed by atoms with Crippen molar-refractivity contribution in [2.24, 2.45) is 0 Å². The molecule has 0 radical (unpaired) electrons. The second-order valence-corrected chi connectivity index (χ2v) is 7.12. The van der Waals surface area contributed by atoms with Gasteiger partial charge in [-0.15, -0.1) is 0 Å². The van der Waals surface area contributed by atoms with Gasteiger partial charge in [0, 0.05) is 11.4 Å². The molecule has 1 amide bonds. The minimum atomic E-state index is -0.654. The van der Waals surface area contributed by atoms with Crippen molar-refractivity contribution in [3.63, 3.8) is 0 Å². The Hall–Kier alpha value is -2.63. The van der Waals surface area contributed by atoms with Crippen LogP contribution in [0.4, 0.5) is 5.95 Å². The maximum Gasteiger partial charge on any atom is 0.279 e. The third kappa shape index (κ3) is 5.45. The largest absolute Gasteiger partial charge is 0.481 e. The molecule has 1 heterocycles. The SMILES string of the molecule is Cc1cc(C)nc(NNC(=O)[C@@H](C)Oc2ccc(C(C)(C)C)cc2)n1. The molecular formula is C19H26N4O2. The van der Waals surface area contributed by atoms with Gasteiger partial charge in [-0.3, -0.25) is 15.6 Å². The average molecular weight is 342 g/mol. The molecule has 2 aromatic rings. The van der Waals surface area contributed by atoms with Crippen molar-refractivity contribution < 1.29 is 9.53 Å². The molecule has 0 unspecified atom stereocenters. The molecule has 0 aliphatic rings. The van der Waals surface area contributed by atoms with Gasteiger partial charge in [0.1, 0.15) is 5.75 Å². The highest BCUT2D eigenvalue weighted by molar-refractivity contribution is 5.81. The standard InChI is InChI=1S/C19H26N4O2/c1-12-11-13(2)21-18(20-12)23-22-17(24)14(3)25-16-9-7-15(8-10-16)19(4,5)6/h7-11,14H,1-6H3,(H,22,24)(H,20,21,23)/t14-/m1/s1. The number of benzene rings is 1. The summed E-state index contributed by atoms with van der Waals surface area (Å²) in [5.41, 5.74) is 8.24. The normalized spacial score (nSPS) is 12.4. The number of hydrazine groups is 1. The van der Waals surface area contributed by atoms with E-state index in [1.54, 1.807) is 6.92 Å². The van der Waals surface area contributed by atoms with Crippen LogP contribution in [0.15, 0.2) is 30.3 Å². The summed E-state index contributed by atoms with van der Waals surface area (Å²) in [5.74, 6) is 0.702. The number of amides is 1. The van der Waals surface area contributed by atoms with Gasteiger partial charge in [0.15, 0.2) is 6.10 Å². The van der Waals surface area contributed by atoms with Crippen molar-refractivity contribution >= 4 is 11.9 Å². The number of hydrogen-bond donors (Lipinski definition) is 2. The van der Waals surface area contributed by atoms with Crippen LogP contribution in [0.25, 0.3) is 0 Å². The van der Waals surface area contributed by atoms with E-state index in [0.29, 0.717) is 11.7 Å². The molecule has 0 aliphatic carbocycles. The molecule has 6 nitrogen and oxygen atoms in total. The maximum atomic E-state index is 12.2. The Bertz CT molecular complexity index is 716. The number of anilines is 1. The second-order valence-electron chi connectivity index (χ2n) is 7.12. The average Bonchev–Trinajstić information content (AvgIpc) is 2.51. The predicted molar refractivity (Wildman–Crippen MR) is 98.5 cm³/mol. The highest BCUT2D eigenvalue weighted by Crippen LogP contribution is 2.24. The van der Waals surface area contributed by atoms with Gasteiger partial charge in [0.25, 0.3) is 5.91 Å². The maximum absolute atomic E-state index is 12.2. The fourth-order valence-corrected chi connectivity index (χ4v) is 2.29. The second kappa shape index (κ2) is 7.51. The minimum Gasteiger partial charge on any atom is -0.481 e. The fraction of sp³-hybridized carbons (Fsp3) is 0.421. The number of ether oxygens (including phenoxy) is 1. The van der Waals surface area contributed by atoms with Gasteiger partial charge >= 0.3 is 0 Å². The van der Waals surface area contributed by atoms with Gasteiger partial charge in [-0.1, -0.05) is 32.9 Å². The van der Waals surface area contributed by atoms with Crippen LogP contribution < -0.4 is 15.6 Å². The summed E-state index contributed by atoms with van der Waals surface area (Å²) >= 11 is 0. The molecule has 134 valence electrons.